The van der Waals surface area contributed by atoms with Crippen LogP contribution in [-0.4, -0.2) is 60.9 Å². The van der Waals surface area contributed by atoms with Crippen LogP contribution in [0.25, 0.3) is 11.2 Å². The molecule has 1 aliphatic heterocycles. The number of nitrogens with zero attached hydrogens (tertiary/aromatic N) is 5. The Morgan fingerprint density at radius 3 is 2.97 bits per heavy atom. The molecular formula is C19H21N7O5. The molecule has 12 heteroatoms. The van der Waals surface area contributed by atoms with E-state index < -0.39 is 5.97 Å². The number of anilines is 1. The van der Waals surface area contributed by atoms with Crippen molar-refractivity contribution in [1.29, 1.82) is 0 Å². The molecule has 1 fully saturated rings. The third-order valence-corrected chi connectivity index (χ3v) is 4.73. The average molecular weight is 427 g/mol. The van der Waals surface area contributed by atoms with E-state index in [1.54, 1.807) is 17.0 Å². The van der Waals surface area contributed by atoms with Crippen molar-refractivity contribution in [2.45, 2.75) is 32.1 Å². The highest BCUT2D eigenvalue weighted by atomic mass is 16.6. The third kappa shape index (κ3) is 4.38. The molecule has 1 aliphatic rings. The van der Waals surface area contributed by atoms with Crippen molar-refractivity contribution < 1.29 is 24.2 Å². The van der Waals surface area contributed by atoms with Gasteiger partial charge in [0.2, 0.25) is 5.88 Å². The van der Waals surface area contributed by atoms with Gasteiger partial charge < -0.3 is 19.9 Å². The molecule has 2 atom stereocenters. The fourth-order valence-electron chi connectivity index (χ4n) is 3.32. The standard InChI is InChI=1S/C19H21N7O5/c1-2-20-19(29)25-15-14-16(23-9-22-15)26(10-24-14)13-6-5-11(31-13)8-30-17-12(18(27)28)4-3-7-21-17/h3-4,7,9-11,13H,2,5-6,8H2,1H3,(H,27,28)(H2,20,22,23,25,29). The molecule has 0 saturated carbocycles. The lowest BCUT2D eigenvalue weighted by molar-refractivity contribution is -0.0167. The predicted molar refractivity (Wildman–Crippen MR) is 108 cm³/mol. The molecule has 162 valence electrons. The summed E-state index contributed by atoms with van der Waals surface area (Å²) < 4.78 is 13.4. The van der Waals surface area contributed by atoms with Gasteiger partial charge in [-0.05, 0) is 31.9 Å². The maximum atomic E-state index is 11.8. The predicted octanol–water partition coefficient (Wildman–Crippen LogP) is 1.82. The Balaban J connectivity index is 1.44. The lowest BCUT2D eigenvalue weighted by Crippen LogP contribution is -2.28. The number of imidazole rings is 1. The number of carbonyl (C=O) groups is 2. The van der Waals surface area contributed by atoms with Crippen molar-refractivity contribution in [3.05, 3.63) is 36.5 Å². The highest BCUT2D eigenvalue weighted by Crippen LogP contribution is 2.31. The van der Waals surface area contributed by atoms with Gasteiger partial charge in [-0.15, -0.1) is 0 Å². The Labute approximate surface area is 176 Å². The largest absolute Gasteiger partial charge is 0.477 e. The molecule has 4 heterocycles. The van der Waals surface area contributed by atoms with E-state index in [1.165, 1.54) is 18.6 Å². The first-order valence-electron chi connectivity index (χ1n) is 9.75. The number of pyridine rings is 1. The molecule has 2 amide bonds. The van der Waals surface area contributed by atoms with Crippen LogP contribution in [-0.2, 0) is 4.74 Å². The van der Waals surface area contributed by atoms with Gasteiger partial charge in [-0.2, -0.15) is 0 Å². The van der Waals surface area contributed by atoms with E-state index in [-0.39, 0.29) is 36.4 Å². The number of aromatic nitrogens is 5. The first-order chi connectivity index (χ1) is 15.1. The first kappa shape index (κ1) is 20.5. The number of carboxylic acids is 1. The summed E-state index contributed by atoms with van der Waals surface area (Å²) >= 11 is 0. The Bertz CT molecular complexity index is 1100. The van der Waals surface area contributed by atoms with E-state index in [9.17, 15) is 14.7 Å². The molecule has 0 aliphatic carbocycles. The zero-order chi connectivity index (χ0) is 21.8. The minimum absolute atomic E-state index is 0.00138. The van der Waals surface area contributed by atoms with Crippen LogP contribution in [0.4, 0.5) is 10.6 Å². The highest BCUT2D eigenvalue weighted by molar-refractivity contribution is 5.95. The van der Waals surface area contributed by atoms with Crippen LogP contribution in [0.3, 0.4) is 0 Å². The topological polar surface area (TPSA) is 153 Å². The van der Waals surface area contributed by atoms with Crippen molar-refractivity contribution in [2.75, 3.05) is 18.5 Å². The van der Waals surface area contributed by atoms with Gasteiger partial charge in [-0.25, -0.2) is 29.5 Å². The number of amides is 2. The lowest BCUT2D eigenvalue weighted by Gasteiger charge is -2.16. The van der Waals surface area contributed by atoms with Gasteiger partial charge in [0.05, 0.1) is 12.4 Å². The van der Waals surface area contributed by atoms with Gasteiger partial charge in [0, 0.05) is 12.7 Å². The maximum absolute atomic E-state index is 11.8. The van der Waals surface area contributed by atoms with Crippen LogP contribution in [0.1, 0.15) is 36.4 Å². The number of aromatic carboxylic acids is 1. The maximum Gasteiger partial charge on any atom is 0.341 e. The molecule has 4 rings (SSSR count). The number of fused-ring (bicyclic) bond motifs is 1. The van der Waals surface area contributed by atoms with Gasteiger partial charge in [0.25, 0.3) is 0 Å². The molecule has 3 N–H and O–H groups in total. The molecule has 0 aromatic carbocycles. The summed E-state index contributed by atoms with van der Waals surface area (Å²) in [5, 5.41) is 14.5. The number of hydrogen-bond donors (Lipinski definition) is 3. The zero-order valence-electron chi connectivity index (χ0n) is 16.7. The summed E-state index contributed by atoms with van der Waals surface area (Å²) in [6, 6.07) is 2.60. The number of hydrogen-bond acceptors (Lipinski definition) is 8. The molecule has 0 spiro atoms. The Morgan fingerprint density at radius 1 is 1.29 bits per heavy atom. The molecule has 2 unspecified atom stereocenters. The molecule has 12 nitrogen and oxygen atoms in total. The second-order valence-electron chi connectivity index (χ2n) is 6.79. The number of ether oxygens (including phenoxy) is 2. The summed E-state index contributed by atoms with van der Waals surface area (Å²) in [7, 11) is 0. The number of rotatable bonds is 7. The van der Waals surface area contributed by atoms with Crippen LogP contribution in [0.15, 0.2) is 31.0 Å². The number of carboxylic acid groups (broad SMARTS) is 1. The minimum Gasteiger partial charge on any atom is -0.477 e. The van der Waals surface area contributed by atoms with Crippen molar-refractivity contribution >= 4 is 29.0 Å². The minimum atomic E-state index is -1.10. The summed E-state index contributed by atoms with van der Waals surface area (Å²) in [5.74, 6) is -0.734. The van der Waals surface area contributed by atoms with Crippen molar-refractivity contribution in [3.63, 3.8) is 0 Å². The molecule has 3 aromatic rings. The fraction of sp³-hybridized carbons (Fsp3) is 0.368. The number of urea groups is 1. The second-order valence-corrected chi connectivity index (χ2v) is 6.79. The quantitative estimate of drug-likeness (QED) is 0.512. The molecular weight excluding hydrogens is 406 g/mol. The van der Waals surface area contributed by atoms with Crippen LogP contribution >= 0.6 is 0 Å². The van der Waals surface area contributed by atoms with Gasteiger partial charge in [0.1, 0.15) is 24.7 Å². The van der Waals surface area contributed by atoms with Crippen LogP contribution < -0.4 is 15.4 Å². The normalized spacial score (nSPS) is 18.1. The van der Waals surface area contributed by atoms with E-state index in [1.807, 2.05) is 6.92 Å². The van der Waals surface area contributed by atoms with Crippen LogP contribution in [0, 0.1) is 0 Å². The third-order valence-electron chi connectivity index (χ3n) is 4.73. The monoisotopic (exact) mass is 427 g/mol. The first-order valence-corrected chi connectivity index (χ1v) is 9.75. The van der Waals surface area contributed by atoms with E-state index >= 15 is 0 Å². The van der Waals surface area contributed by atoms with E-state index in [2.05, 4.69) is 30.6 Å². The van der Waals surface area contributed by atoms with E-state index in [0.29, 0.717) is 36.4 Å². The summed E-state index contributed by atoms with van der Waals surface area (Å²) in [6.07, 6.45) is 5.24. The van der Waals surface area contributed by atoms with Crippen LogP contribution in [0.2, 0.25) is 0 Å². The zero-order valence-corrected chi connectivity index (χ0v) is 16.7. The van der Waals surface area contributed by atoms with Crippen LogP contribution in [0.5, 0.6) is 5.88 Å². The summed E-state index contributed by atoms with van der Waals surface area (Å²) in [4.78, 5) is 39.8. The smallest absolute Gasteiger partial charge is 0.341 e. The van der Waals surface area contributed by atoms with Gasteiger partial charge in [0.15, 0.2) is 17.0 Å². The van der Waals surface area contributed by atoms with Crippen molar-refractivity contribution in [2.24, 2.45) is 0 Å². The molecule has 0 bridgehead atoms. The lowest BCUT2D eigenvalue weighted by atomic mass is 10.2. The van der Waals surface area contributed by atoms with Gasteiger partial charge in [-0.1, -0.05) is 0 Å². The highest BCUT2D eigenvalue weighted by Gasteiger charge is 2.29. The SMILES string of the molecule is CCNC(=O)Nc1ncnc2c1ncn2C1CCC(COc2ncccc2C(=O)O)O1. The average Bonchev–Trinajstić information content (AvgIpc) is 3.40. The summed E-state index contributed by atoms with van der Waals surface area (Å²) in [6.45, 7) is 2.47. The Kier molecular flexibility index (Phi) is 5.89. The number of carbonyl (C=O) groups excluding carboxylic acids is 1. The van der Waals surface area contributed by atoms with Gasteiger partial charge in [-0.3, -0.25) is 9.88 Å². The van der Waals surface area contributed by atoms with Gasteiger partial charge >= 0.3 is 12.0 Å². The van der Waals surface area contributed by atoms with E-state index in [0.717, 1.165) is 0 Å². The number of nitrogens with one attached hydrogen (secondary N) is 2. The molecule has 31 heavy (non-hydrogen) atoms. The summed E-state index contributed by atoms with van der Waals surface area (Å²) in [5.41, 5.74) is 0.990. The second kappa shape index (κ2) is 8.92. The van der Waals surface area contributed by atoms with Crippen molar-refractivity contribution in [1.82, 2.24) is 29.8 Å². The Morgan fingerprint density at radius 2 is 2.16 bits per heavy atom. The molecule has 0 radical (unpaired) electrons. The van der Waals surface area contributed by atoms with E-state index in [4.69, 9.17) is 9.47 Å². The Hall–Kier alpha value is -3.80. The molecule has 3 aromatic heterocycles. The van der Waals surface area contributed by atoms with Crippen molar-refractivity contribution in [3.8, 4) is 5.88 Å². The molecule has 1 saturated heterocycles. The fourth-order valence-corrected chi connectivity index (χ4v) is 3.32.